The van der Waals surface area contributed by atoms with E-state index in [9.17, 15) is 14.7 Å². The van der Waals surface area contributed by atoms with Gasteiger partial charge in [-0.05, 0) is 30.9 Å². The van der Waals surface area contributed by atoms with Crippen LogP contribution in [0.4, 0.5) is 0 Å². The zero-order valence-electron chi connectivity index (χ0n) is 12.5. The van der Waals surface area contributed by atoms with E-state index in [0.717, 1.165) is 25.9 Å². The lowest BCUT2D eigenvalue weighted by molar-refractivity contribution is 0.0648. The summed E-state index contributed by atoms with van der Waals surface area (Å²) in [6.07, 6.45) is 5.76. The Bertz CT molecular complexity index is 505. The lowest BCUT2D eigenvalue weighted by Crippen LogP contribution is -2.39. The average molecular weight is 289 g/mol. The van der Waals surface area contributed by atoms with Crippen molar-refractivity contribution in [3.63, 3.8) is 0 Å². The molecule has 0 bridgehead atoms. The number of likely N-dealkylation sites (tertiary alicyclic amines) is 1. The molecule has 1 heterocycles. The Hall–Kier alpha value is -1.84. The van der Waals surface area contributed by atoms with Crippen LogP contribution in [-0.4, -0.2) is 35.0 Å². The molecule has 114 valence electrons. The minimum absolute atomic E-state index is 0.0932. The number of aromatic carboxylic acids is 1. The highest BCUT2D eigenvalue weighted by Crippen LogP contribution is 2.24. The van der Waals surface area contributed by atoms with E-state index in [1.54, 1.807) is 23.1 Å². The summed E-state index contributed by atoms with van der Waals surface area (Å²) >= 11 is 0. The molecule has 0 aromatic heterocycles. The summed E-state index contributed by atoms with van der Waals surface area (Å²) in [5.41, 5.74) is 0.396. The van der Waals surface area contributed by atoms with Crippen molar-refractivity contribution in [1.29, 1.82) is 0 Å². The van der Waals surface area contributed by atoms with Crippen molar-refractivity contribution < 1.29 is 14.7 Å². The van der Waals surface area contributed by atoms with E-state index in [2.05, 4.69) is 6.92 Å². The number of carbonyl (C=O) groups excluding carboxylic acids is 1. The maximum atomic E-state index is 12.5. The lowest BCUT2D eigenvalue weighted by atomic mass is 9.91. The van der Waals surface area contributed by atoms with Gasteiger partial charge in [-0.25, -0.2) is 4.79 Å². The molecule has 1 saturated heterocycles. The first-order valence-electron chi connectivity index (χ1n) is 7.75. The van der Waals surface area contributed by atoms with Crippen LogP contribution in [0.3, 0.4) is 0 Å². The monoisotopic (exact) mass is 289 g/mol. The van der Waals surface area contributed by atoms with Crippen LogP contribution in [-0.2, 0) is 0 Å². The quantitative estimate of drug-likeness (QED) is 0.903. The van der Waals surface area contributed by atoms with Crippen LogP contribution < -0.4 is 0 Å². The van der Waals surface area contributed by atoms with Gasteiger partial charge in [0.2, 0.25) is 0 Å². The third kappa shape index (κ3) is 3.84. The number of amides is 1. The van der Waals surface area contributed by atoms with Crippen molar-refractivity contribution in [2.45, 2.75) is 39.0 Å². The number of carbonyl (C=O) groups is 2. The Labute approximate surface area is 125 Å². The first-order chi connectivity index (χ1) is 10.1. The first-order valence-corrected chi connectivity index (χ1v) is 7.75. The molecule has 0 aliphatic carbocycles. The van der Waals surface area contributed by atoms with Crippen molar-refractivity contribution in [1.82, 2.24) is 4.90 Å². The summed E-state index contributed by atoms with van der Waals surface area (Å²) in [6.45, 7) is 3.67. The van der Waals surface area contributed by atoms with Gasteiger partial charge in [-0.15, -0.1) is 0 Å². The molecule has 1 aliphatic heterocycles. The molecule has 1 aromatic carbocycles. The Morgan fingerprint density at radius 3 is 2.38 bits per heavy atom. The number of hydrogen-bond acceptors (Lipinski definition) is 2. The normalized spacial score (nSPS) is 16.0. The maximum absolute atomic E-state index is 12.5. The van der Waals surface area contributed by atoms with E-state index >= 15 is 0 Å². The molecule has 1 fully saturated rings. The molecule has 1 N–H and O–H groups in total. The van der Waals surface area contributed by atoms with Crippen molar-refractivity contribution in [3.05, 3.63) is 35.4 Å². The van der Waals surface area contributed by atoms with Crippen LogP contribution in [0.25, 0.3) is 0 Å². The predicted molar refractivity (Wildman–Crippen MR) is 81.6 cm³/mol. The topological polar surface area (TPSA) is 57.6 Å². The second kappa shape index (κ2) is 7.25. The molecule has 0 saturated carbocycles. The Morgan fingerprint density at radius 2 is 1.81 bits per heavy atom. The molecule has 1 aliphatic rings. The largest absolute Gasteiger partial charge is 0.478 e. The van der Waals surface area contributed by atoms with E-state index in [0.29, 0.717) is 11.5 Å². The van der Waals surface area contributed by atoms with Gasteiger partial charge in [0.15, 0.2) is 0 Å². The van der Waals surface area contributed by atoms with Crippen molar-refractivity contribution in [3.8, 4) is 0 Å². The van der Waals surface area contributed by atoms with Crippen LogP contribution in [0.5, 0.6) is 0 Å². The van der Waals surface area contributed by atoms with E-state index in [-0.39, 0.29) is 11.5 Å². The maximum Gasteiger partial charge on any atom is 0.336 e. The molecular weight excluding hydrogens is 266 g/mol. The van der Waals surface area contributed by atoms with E-state index in [4.69, 9.17) is 0 Å². The molecule has 1 aromatic rings. The number of benzene rings is 1. The fourth-order valence-corrected chi connectivity index (χ4v) is 2.94. The number of nitrogens with zero attached hydrogens (tertiary/aromatic N) is 1. The number of rotatable bonds is 5. The average Bonchev–Trinajstić information content (AvgIpc) is 2.52. The fourth-order valence-electron chi connectivity index (χ4n) is 2.94. The zero-order valence-corrected chi connectivity index (χ0v) is 12.5. The van der Waals surface area contributed by atoms with Gasteiger partial charge in [-0.3, -0.25) is 4.79 Å². The van der Waals surface area contributed by atoms with Gasteiger partial charge in [0.05, 0.1) is 11.1 Å². The zero-order chi connectivity index (χ0) is 15.2. The third-order valence-corrected chi connectivity index (χ3v) is 4.26. The van der Waals surface area contributed by atoms with Crippen molar-refractivity contribution >= 4 is 11.9 Å². The number of carboxylic acids is 1. The minimum atomic E-state index is -1.04. The first kappa shape index (κ1) is 15.5. The summed E-state index contributed by atoms with van der Waals surface area (Å²) in [7, 11) is 0. The molecule has 0 spiro atoms. The molecule has 1 amide bonds. The molecule has 4 heteroatoms. The highest BCUT2D eigenvalue weighted by Gasteiger charge is 2.25. The summed E-state index contributed by atoms with van der Waals surface area (Å²) < 4.78 is 0. The van der Waals surface area contributed by atoms with Gasteiger partial charge >= 0.3 is 5.97 Å². The Morgan fingerprint density at radius 1 is 1.19 bits per heavy atom. The molecule has 0 radical (unpaired) electrons. The fraction of sp³-hybridized carbons (Fsp3) is 0.529. The summed E-state index contributed by atoms with van der Waals surface area (Å²) in [4.78, 5) is 25.5. The SMILES string of the molecule is CCCCC1CCN(C(=O)c2ccccc2C(=O)O)CC1. The molecule has 2 rings (SSSR count). The molecule has 21 heavy (non-hydrogen) atoms. The second-order valence-corrected chi connectivity index (χ2v) is 5.73. The minimum Gasteiger partial charge on any atom is -0.478 e. The van der Waals surface area contributed by atoms with Crippen LogP contribution in [0.2, 0.25) is 0 Å². The van der Waals surface area contributed by atoms with Gasteiger partial charge in [0.25, 0.3) is 5.91 Å². The Kier molecular flexibility index (Phi) is 5.37. The smallest absolute Gasteiger partial charge is 0.336 e. The van der Waals surface area contributed by atoms with Crippen molar-refractivity contribution in [2.75, 3.05) is 13.1 Å². The number of carboxylic acid groups (broad SMARTS) is 1. The number of hydrogen-bond donors (Lipinski definition) is 1. The standard InChI is InChI=1S/C17H23NO3/c1-2-3-6-13-9-11-18(12-10-13)16(19)14-7-4-5-8-15(14)17(20)21/h4-5,7-8,13H,2-3,6,9-12H2,1H3,(H,20,21). The third-order valence-electron chi connectivity index (χ3n) is 4.26. The molecular formula is C17H23NO3. The number of piperidine rings is 1. The van der Waals surface area contributed by atoms with E-state index < -0.39 is 5.97 Å². The van der Waals surface area contributed by atoms with Crippen molar-refractivity contribution in [2.24, 2.45) is 5.92 Å². The second-order valence-electron chi connectivity index (χ2n) is 5.73. The number of unbranched alkanes of at least 4 members (excludes halogenated alkanes) is 1. The Balaban J connectivity index is 2.01. The predicted octanol–water partition coefficient (Wildman–Crippen LogP) is 3.43. The molecule has 0 atom stereocenters. The van der Waals surface area contributed by atoms with Crippen LogP contribution >= 0.6 is 0 Å². The highest BCUT2D eigenvalue weighted by molar-refractivity contribution is 6.04. The van der Waals surface area contributed by atoms with Gasteiger partial charge in [0.1, 0.15) is 0 Å². The van der Waals surface area contributed by atoms with Gasteiger partial charge in [0, 0.05) is 13.1 Å². The van der Waals surface area contributed by atoms with Crippen LogP contribution in [0.1, 0.15) is 59.7 Å². The highest BCUT2D eigenvalue weighted by atomic mass is 16.4. The van der Waals surface area contributed by atoms with E-state index in [1.165, 1.54) is 25.3 Å². The molecule has 0 unspecified atom stereocenters. The van der Waals surface area contributed by atoms with E-state index in [1.807, 2.05) is 0 Å². The molecule has 4 nitrogen and oxygen atoms in total. The van der Waals surface area contributed by atoms with Crippen LogP contribution in [0.15, 0.2) is 24.3 Å². The van der Waals surface area contributed by atoms with Gasteiger partial charge in [-0.1, -0.05) is 38.3 Å². The van der Waals surface area contributed by atoms with Gasteiger partial charge in [-0.2, -0.15) is 0 Å². The lowest BCUT2D eigenvalue weighted by Gasteiger charge is -2.32. The summed E-state index contributed by atoms with van der Waals surface area (Å²) in [6, 6.07) is 6.46. The van der Waals surface area contributed by atoms with Crippen LogP contribution in [0, 0.1) is 5.92 Å². The summed E-state index contributed by atoms with van der Waals surface area (Å²) in [5, 5.41) is 9.18. The summed E-state index contributed by atoms with van der Waals surface area (Å²) in [5.74, 6) is -0.484. The van der Waals surface area contributed by atoms with Gasteiger partial charge < -0.3 is 10.0 Å².